The fraction of sp³-hybridized carbons (Fsp3) is 0.531. The third-order valence-corrected chi connectivity index (χ3v) is 8.39. The Labute approximate surface area is 294 Å². The molecule has 14 radical (unpaired) electrons. The summed E-state index contributed by atoms with van der Waals surface area (Å²) in [6, 6.07) is 4.51. The number of ether oxygens (including phenoxy) is 1. The molecular formula is C32H40B7FN4O4. The first-order chi connectivity index (χ1) is 22.0. The van der Waals surface area contributed by atoms with Gasteiger partial charge >= 0.3 is 0 Å². The molecule has 1 saturated heterocycles. The molecule has 0 aromatic heterocycles. The second-order valence-electron chi connectivity index (χ2n) is 13.5. The lowest BCUT2D eigenvalue weighted by molar-refractivity contribution is -0.186. The fourth-order valence-electron chi connectivity index (χ4n) is 5.77. The normalized spacial score (nSPS) is 19.1. The van der Waals surface area contributed by atoms with Crippen LogP contribution in [-0.2, 0) is 31.0 Å². The predicted octanol–water partition coefficient (Wildman–Crippen LogP) is 0.485. The third-order valence-electron chi connectivity index (χ3n) is 8.39. The average Bonchev–Trinajstić information content (AvgIpc) is 2.99. The second-order valence-corrected chi connectivity index (χ2v) is 13.5. The summed E-state index contributed by atoms with van der Waals surface area (Å²) in [5.41, 5.74) is -2.31. The molecule has 1 aliphatic heterocycles. The number of hydrogen-bond acceptors (Lipinski definition) is 7. The summed E-state index contributed by atoms with van der Waals surface area (Å²) in [4.78, 5) is 40.1. The minimum Gasteiger partial charge on any atom is -0.386 e. The van der Waals surface area contributed by atoms with Crippen LogP contribution in [0.5, 0.6) is 0 Å². The molecule has 1 aliphatic rings. The number of allylic oxidation sites excluding steroid dienone is 3. The molecule has 16 heteroatoms. The van der Waals surface area contributed by atoms with E-state index in [1.54, 1.807) is 31.2 Å². The molecule has 1 fully saturated rings. The summed E-state index contributed by atoms with van der Waals surface area (Å²) in [6.45, 7) is 10.1. The highest BCUT2D eigenvalue weighted by molar-refractivity contribution is 6.63. The van der Waals surface area contributed by atoms with Crippen molar-refractivity contribution in [2.45, 2.75) is 73.6 Å². The fourth-order valence-corrected chi connectivity index (χ4v) is 5.77. The van der Waals surface area contributed by atoms with E-state index in [4.69, 9.17) is 59.7 Å². The molecule has 1 atom stereocenters. The zero-order chi connectivity index (χ0) is 36.9. The van der Waals surface area contributed by atoms with Gasteiger partial charge in [-0.3, -0.25) is 14.5 Å². The number of likely N-dealkylation sites (N-methyl/N-ethyl adjacent to an activating group) is 2. The van der Waals surface area contributed by atoms with Crippen molar-refractivity contribution >= 4 is 73.4 Å². The van der Waals surface area contributed by atoms with E-state index in [1.165, 1.54) is 37.3 Å². The number of morpholine rings is 1. The Morgan fingerprint density at radius 2 is 1.65 bits per heavy atom. The highest BCUT2D eigenvalue weighted by Gasteiger charge is 2.54. The molecule has 1 aromatic carbocycles. The molecule has 8 nitrogen and oxygen atoms in total. The van der Waals surface area contributed by atoms with E-state index in [0.29, 0.717) is 30.5 Å². The van der Waals surface area contributed by atoms with Crippen LogP contribution in [-0.4, -0.2) is 134 Å². The van der Waals surface area contributed by atoms with Crippen LogP contribution in [0.2, 0.25) is 10.4 Å². The van der Waals surface area contributed by atoms with Crippen molar-refractivity contribution in [3.05, 3.63) is 70.7 Å². The molecule has 1 aromatic rings. The lowest BCUT2D eigenvalue weighted by atomic mass is 9.23. The number of rotatable bonds is 15. The Morgan fingerprint density at radius 3 is 2.12 bits per heavy atom. The Morgan fingerprint density at radius 1 is 1.06 bits per heavy atom. The number of aldehydes is 2. The minimum atomic E-state index is -2.51. The molecule has 0 aliphatic carbocycles. The van der Waals surface area contributed by atoms with E-state index in [2.05, 4.69) is 10.6 Å². The third kappa shape index (κ3) is 8.91. The first-order valence-electron chi connectivity index (χ1n) is 15.3. The van der Waals surface area contributed by atoms with E-state index in [9.17, 15) is 14.4 Å². The van der Waals surface area contributed by atoms with E-state index in [1.807, 2.05) is 32.6 Å². The molecule has 0 saturated carbocycles. The van der Waals surface area contributed by atoms with Crippen molar-refractivity contribution < 1.29 is 23.5 Å². The SMILES string of the molecule is [B]C([B])(c1ccc(CN/C=C(CN(C)C([B])(C(=O)NC)C([B])([B])C([B])([B])C=O)/C(C=O)=C\C=C/C)c(F)c1)N1CC(C)(C)OC(C)(C)C1. The van der Waals surface area contributed by atoms with Gasteiger partial charge in [0.05, 0.1) is 58.3 Å². The number of benzene rings is 1. The minimum absolute atomic E-state index is 0.0182. The highest BCUT2D eigenvalue weighted by atomic mass is 19.1. The lowest BCUT2D eigenvalue weighted by Crippen LogP contribution is -2.68. The van der Waals surface area contributed by atoms with Crippen LogP contribution >= 0.6 is 0 Å². The van der Waals surface area contributed by atoms with Gasteiger partial charge in [-0.25, -0.2) is 4.39 Å². The maximum atomic E-state index is 15.5. The van der Waals surface area contributed by atoms with E-state index < -0.39 is 44.1 Å². The Balaban J connectivity index is 2.44. The highest BCUT2D eigenvalue weighted by Crippen LogP contribution is 2.50. The summed E-state index contributed by atoms with van der Waals surface area (Å²) in [6.07, 6.45) is 6.99. The zero-order valence-corrected chi connectivity index (χ0v) is 29.0. The topological polar surface area (TPSA) is 91.0 Å². The Hall–Kier alpha value is -2.69. The molecule has 2 N–H and O–H groups in total. The van der Waals surface area contributed by atoms with Crippen LogP contribution in [0, 0.1) is 5.82 Å². The van der Waals surface area contributed by atoms with Crippen LogP contribution < -0.4 is 10.6 Å². The van der Waals surface area contributed by atoms with Gasteiger partial charge in [-0.05, 0) is 64.2 Å². The number of nitrogens with one attached hydrogen (secondary N) is 2. The lowest BCUT2D eigenvalue weighted by Gasteiger charge is -2.56. The molecule has 1 amide bonds. The summed E-state index contributed by atoms with van der Waals surface area (Å²) in [7, 11) is 46.5. The summed E-state index contributed by atoms with van der Waals surface area (Å²) < 4.78 is 21.6. The molecule has 0 spiro atoms. The van der Waals surface area contributed by atoms with Crippen molar-refractivity contribution in [3.63, 3.8) is 0 Å². The van der Waals surface area contributed by atoms with E-state index in [-0.39, 0.29) is 30.5 Å². The van der Waals surface area contributed by atoms with Gasteiger partial charge in [0.25, 0.3) is 0 Å². The van der Waals surface area contributed by atoms with Gasteiger partial charge in [-0.1, -0.05) is 40.8 Å². The van der Waals surface area contributed by atoms with Gasteiger partial charge in [0.15, 0.2) is 0 Å². The largest absolute Gasteiger partial charge is 0.386 e. The number of hydrogen-bond donors (Lipinski definition) is 2. The number of carbonyl (C=O) groups is 3. The maximum Gasteiger partial charge on any atom is 0.229 e. The molecule has 0 bridgehead atoms. The summed E-state index contributed by atoms with van der Waals surface area (Å²) in [5, 5.41) is -1.06. The van der Waals surface area contributed by atoms with Crippen molar-refractivity contribution in [2.24, 2.45) is 0 Å². The molecule has 240 valence electrons. The van der Waals surface area contributed by atoms with Crippen LogP contribution in [0.3, 0.4) is 0 Å². The smallest absolute Gasteiger partial charge is 0.229 e. The molecular weight excluding hydrogens is 599 g/mol. The molecule has 48 heavy (non-hydrogen) atoms. The summed E-state index contributed by atoms with van der Waals surface area (Å²) >= 11 is 0. The Kier molecular flexibility index (Phi) is 13.4. The number of amides is 1. The van der Waals surface area contributed by atoms with Gasteiger partial charge in [0, 0.05) is 56.0 Å². The molecule has 1 unspecified atom stereocenters. The summed E-state index contributed by atoms with van der Waals surface area (Å²) in [5.74, 6) is -1.47. The van der Waals surface area contributed by atoms with Crippen LogP contribution in [0.1, 0.15) is 45.7 Å². The van der Waals surface area contributed by atoms with Gasteiger partial charge in [-0.15, -0.1) is 0 Å². The van der Waals surface area contributed by atoms with Gasteiger partial charge in [0.1, 0.15) is 26.2 Å². The molecule has 1 heterocycles. The first-order valence-corrected chi connectivity index (χ1v) is 15.3. The number of carbonyl (C=O) groups excluding carboxylic acids is 3. The monoisotopic (exact) mass is 640 g/mol. The predicted molar refractivity (Wildman–Crippen MR) is 194 cm³/mol. The van der Waals surface area contributed by atoms with Crippen LogP contribution in [0.15, 0.2) is 53.8 Å². The second kappa shape index (κ2) is 15.5. The standard InChI is InChI=1S/C32H40B7FN4O4/c1-8-9-10-22(17-45)23(16-43(7)30(35,26(47)41-6)32(38,39)29(33,34)20-46)15-42-14-21-11-12-24(13-25(21)40)31(36,37)44-18-27(2,3)48-28(4,5)19-44/h8-13,15,17,20,42H,14,16,18-19H2,1-7H3,(H,41,47)/b9-8-,22-10-,23-15+. The van der Waals surface area contributed by atoms with Crippen LogP contribution in [0.4, 0.5) is 4.39 Å². The van der Waals surface area contributed by atoms with Crippen molar-refractivity contribution in [3.8, 4) is 0 Å². The number of halogens is 1. The first kappa shape index (κ1) is 41.5. The zero-order valence-electron chi connectivity index (χ0n) is 29.0. The quantitative estimate of drug-likeness (QED) is 0.125. The van der Waals surface area contributed by atoms with Crippen molar-refractivity contribution in [1.82, 2.24) is 20.4 Å². The van der Waals surface area contributed by atoms with Crippen LogP contribution in [0.25, 0.3) is 0 Å². The molecule has 2 rings (SSSR count). The van der Waals surface area contributed by atoms with E-state index in [0.717, 1.165) is 0 Å². The number of nitrogens with zero attached hydrogens (tertiary/aromatic N) is 2. The van der Waals surface area contributed by atoms with Gasteiger partial charge in [0.2, 0.25) is 5.91 Å². The Bertz CT molecular complexity index is 1430. The van der Waals surface area contributed by atoms with Crippen molar-refractivity contribution in [2.75, 3.05) is 33.7 Å². The van der Waals surface area contributed by atoms with Gasteiger partial charge in [-0.2, -0.15) is 0 Å². The van der Waals surface area contributed by atoms with E-state index >= 15 is 4.39 Å². The van der Waals surface area contributed by atoms with Gasteiger partial charge < -0.3 is 25.1 Å². The van der Waals surface area contributed by atoms with Crippen molar-refractivity contribution in [1.29, 1.82) is 0 Å². The maximum absolute atomic E-state index is 15.5. The average molecular weight is 639 g/mol.